The first kappa shape index (κ1) is 16.0. The zero-order chi connectivity index (χ0) is 16.2. The molecule has 2 aromatic heterocycles. The standard InChI is InChI=1S/C17H24N4O2/c1-13(2)17-9-16(23-19-17)12-20-5-3-14(4-6-20)15-10-18-21(11-15)7-8-22/h3,9-11,13,22H,4-8,12H2,1-2H3. The van der Waals surface area contributed by atoms with Crippen LogP contribution < -0.4 is 0 Å². The highest BCUT2D eigenvalue weighted by molar-refractivity contribution is 5.65. The Hall–Kier alpha value is -1.92. The predicted molar refractivity (Wildman–Crippen MR) is 87.8 cm³/mol. The van der Waals surface area contributed by atoms with E-state index in [2.05, 4.69) is 41.1 Å². The van der Waals surface area contributed by atoms with Crippen molar-refractivity contribution in [3.05, 3.63) is 41.6 Å². The van der Waals surface area contributed by atoms with Crippen LogP contribution in [0.1, 0.15) is 43.2 Å². The molecule has 0 unspecified atom stereocenters. The lowest BCUT2D eigenvalue weighted by Crippen LogP contribution is -2.27. The number of aliphatic hydroxyl groups is 1. The van der Waals surface area contributed by atoms with Crippen LogP contribution in [-0.2, 0) is 13.1 Å². The van der Waals surface area contributed by atoms with Gasteiger partial charge in [-0.05, 0) is 17.9 Å². The smallest absolute Gasteiger partial charge is 0.150 e. The number of nitrogens with zero attached hydrogens (tertiary/aromatic N) is 4. The molecule has 3 rings (SSSR count). The zero-order valence-electron chi connectivity index (χ0n) is 13.8. The summed E-state index contributed by atoms with van der Waals surface area (Å²) in [6.45, 7) is 7.59. The number of aromatic nitrogens is 3. The molecule has 3 heterocycles. The molecule has 0 spiro atoms. The summed E-state index contributed by atoms with van der Waals surface area (Å²) in [6, 6.07) is 2.06. The van der Waals surface area contributed by atoms with E-state index in [1.165, 1.54) is 5.57 Å². The molecule has 2 aromatic rings. The Bertz CT molecular complexity index is 672. The van der Waals surface area contributed by atoms with Crippen LogP contribution in [0.3, 0.4) is 0 Å². The van der Waals surface area contributed by atoms with E-state index in [9.17, 15) is 0 Å². The molecule has 0 saturated heterocycles. The third kappa shape index (κ3) is 3.89. The lowest BCUT2D eigenvalue weighted by molar-refractivity contribution is 0.250. The van der Waals surface area contributed by atoms with E-state index in [0.717, 1.165) is 43.1 Å². The lowest BCUT2D eigenvalue weighted by Gasteiger charge is -2.24. The maximum absolute atomic E-state index is 8.95. The largest absolute Gasteiger partial charge is 0.394 e. The third-order valence-corrected chi connectivity index (χ3v) is 4.17. The van der Waals surface area contributed by atoms with Gasteiger partial charge in [0, 0.05) is 30.9 Å². The molecule has 0 radical (unpaired) electrons. The number of hydrogen-bond donors (Lipinski definition) is 1. The minimum absolute atomic E-state index is 0.115. The van der Waals surface area contributed by atoms with Crippen LogP contribution in [0.4, 0.5) is 0 Å². The van der Waals surface area contributed by atoms with Crippen molar-refractivity contribution in [2.24, 2.45) is 0 Å². The van der Waals surface area contributed by atoms with Gasteiger partial charge >= 0.3 is 0 Å². The van der Waals surface area contributed by atoms with Crippen LogP contribution in [0.25, 0.3) is 5.57 Å². The van der Waals surface area contributed by atoms with Gasteiger partial charge in [0.2, 0.25) is 0 Å². The van der Waals surface area contributed by atoms with Crippen molar-refractivity contribution >= 4 is 5.57 Å². The number of hydrogen-bond acceptors (Lipinski definition) is 5. The molecule has 0 aromatic carbocycles. The minimum atomic E-state index is 0.115. The van der Waals surface area contributed by atoms with Crippen molar-refractivity contribution < 1.29 is 9.63 Å². The second-order valence-electron chi connectivity index (χ2n) is 6.30. The Morgan fingerprint density at radius 3 is 2.91 bits per heavy atom. The molecular weight excluding hydrogens is 292 g/mol. The second-order valence-corrected chi connectivity index (χ2v) is 6.30. The molecule has 0 aliphatic carbocycles. The van der Waals surface area contributed by atoms with E-state index < -0.39 is 0 Å². The summed E-state index contributed by atoms with van der Waals surface area (Å²) >= 11 is 0. The van der Waals surface area contributed by atoms with E-state index in [1.807, 2.05) is 12.4 Å². The lowest BCUT2D eigenvalue weighted by atomic mass is 10.0. The van der Waals surface area contributed by atoms with E-state index in [-0.39, 0.29) is 6.61 Å². The van der Waals surface area contributed by atoms with Crippen molar-refractivity contribution in [1.82, 2.24) is 19.8 Å². The molecule has 1 aliphatic heterocycles. The van der Waals surface area contributed by atoms with Crippen molar-refractivity contribution in [1.29, 1.82) is 0 Å². The fraction of sp³-hybridized carbons (Fsp3) is 0.529. The first-order valence-electron chi connectivity index (χ1n) is 8.16. The van der Waals surface area contributed by atoms with Gasteiger partial charge in [0.05, 0.1) is 31.6 Å². The first-order chi connectivity index (χ1) is 11.2. The van der Waals surface area contributed by atoms with Crippen LogP contribution in [0.15, 0.2) is 29.1 Å². The molecule has 0 bridgehead atoms. The predicted octanol–water partition coefficient (Wildman–Crippen LogP) is 2.28. The average molecular weight is 316 g/mol. The fourth-order valence-electron chi connectivity index (χ4n) is 2.77. The van der Waals surface area contributed by atoms with Gasteiger partial charge in [-0.15, -0.1) is 0 Å². The Balaban J connectivity index is 1.58. The first-order valence-corrected chi connectivity index (χ1v) is 8.16. The molecule has 0 fully saturated rings. The van der Waals surface area contributed by atoms with Crippen LogP contribution in [0.2, 0.25) is 0 Å². The molecule has 0 amide bonds. The van der Waals surface area contributed by atoms with Crippen LogP contribution in [0, 0.1) is 0 Å². The molecule has 23 heavy (non-hydrogen) atoms. The van der Waals surface area contributed by atoms with Crippen LogP contribution in [0.5, 0.6) is 0 Å². The topological polar surface area (TPSA) is 67.3 Å². The average Bonchev–Trinajstić information content (AvgIpc) is 3.18. The fourth-order valence-corrected chi connectivity index (χ4v) is 2.77. The van der Waals surface area contributed by atoms with Gasteiger partial charge in [-0.2, -0.15) is 5.10 Å². The molecule has 124 valence electrons. The number of rotatable bonds is 6. The van der Waals surface area contributed by atoms with Crippen LogP contribution >= 0.6 is 0 Å². The summed E-state index contributed by atoms with van der Waals surface area (Å²) in [5.41, 5.74) is 3.50. The van der Waals surface area contributed by atoms with Gasteiger partial charge in [-0.1, -0.05) is 25.1 Å². The molecule has 6 heteroatoms. The quantitative estimate of drug-likeness (QED) is 0.885. The van der Waals surface area contributed by atoms with Crippen molar-refractivity contribution in [3.63, 3.8) is 0 Å². The highest BCUT2D eigenvalue weighted by Crippen LogP contribution is 2.23. The molecule has 0 saturated carbocycles. The summed E-state index contributed by atoms with van der Waals surface area (Å²) in [6.07, 6.45) is 7.13. The normalized spacial score (nSPS) is 16.1. The van der Waals surface area contributed by atoms with Crippen molar-refractivity contribution in [2.75, 3.05) is 19.7 Å². The Morgan fingerprint density at radius 2 is 2.26 bits per heavy atom. The summed E-state index contributed by atoms with van der Waals surface area (Å²) in [5.74, 6) is 1.33. The zero-order valence-corrected chi connectivity index (χ0v) is 13.8. The van der Waals surface area contributed by atoms with Gasteiger partial charge in [-0.25, -0.2) is 0 Å². The Labute approximate surface area is 136 Å². The van der Waals surface area contributed by atoms with Gasteiger partial charge in [-0.3, -0.25) is 9.58 Å². The third-order valence-electron chi connectivity index (χ3n) is 4.17. The van der Waals surface area contributed by atoms with Crippen molar-refractivity contribution in [2.45, 2.75) is 39.3 Å². The molecule has 6 nitrogen and oxygen atoms in total. The summed E-state index contributed by atoms with van der Waals surface area (Å²) in [7, 11) is 0. The van der Waals surface area contributed by atoms with Crippen molar-refractivity contribution in [3.8, 4) is 0 Å². The minimum Gasteiger partial charge on any atom is -0.394 e. The van der Waals surface area contributed by atoms with E-state index in [0.29, 0.717) is 12.5 Å². The molecular formula is C17H24N4O2. The van der Waals surface area contributed by atoms with Crippen LogP contribution in [-0.4, -0.2) is 44.6 Å². The van der Waals surface area contributed by atoms with E-state index in [4.69, 9.17) is 9.63 Å². The van der Waals surface area contributed by atoms with Gasteiger partial charge < -0.3 is 9.63 Å². The Kier molecular flexibility index (Phi) is 4.93. The maximum Gasteiger partial charge on any atom is 0.150 e. The van der Waals surface area contributed by atoms with Gasteiger partial charge in [0.1, 0.15) is 0 Å². The van der Waals surface area contributed by atoms with Gasteiger partial charge in [0.25, 0.3) is 0 Å². The second kappa shape index (κ2) is 7.10. The summed E-state index contributed by atoms with van der Waals surface area (Å²) in [4.78, 5) is 2.35. The monoisotopic (exact) mass is 316 g/mol. The summed E-state index contributed by atoms with van der Waals surface area (Å²) in [5, 5.41) is 17.3. The highest BCUT2D eigenvalue weighted by Gasteiger charge is 2.16. The molecule has 0 atom stereocenters. The van der Waals surface area contributed by atoms with Gasteiger partial charge in [0.15, 0.2) is 5.76 Å². The molecule has 1 aliphatic rings. The maximum atomic E-state index is 8.95. The van der Waals surface area contributed by atoms with E-state index in [1.54, 1.807) is 4.68 Å². The SMILES string of the molecule is CC(C)c1cc(CN2CC=C(c3cnn(CCO)c3)CC2)on1. The Morgan fingerprint density at radius 1 is 1.39 bits per heavy atom. The summed E-state index contributed by atoms with van der Waals surface area (Å²) < 4.78 is 7.20. The van der Waals surface area contributed by atoms with E-state index >= 15 is 0 Å². The molecule has 1 N–H and O–H groups in total. The highest BCUT2D eigenvalue weighted by atomic mass is 16.5. The number of aliphatic hydroxyl groups excluding tert-OH is 1.